The maximum atomic E-state index is 13.3. The lowest BCUT2D eigenvalue weighted by molar-refractivity contribution is 0.322. The quantitative estimate of drug-likeness (QED) is 0.717. The first kappa shape index (κ1) is 9.10. The van der Waals surface area contributed by atoms with Gasteiger partial charge in [0.15, 0.2) is 5.82 Å². The Kier molecular flexibility index (Phi) is 2.18. The lowest BCUT2D eigenvalue weighted by Gasteiger charge is -2.20. The molecule has 0 saturated carbocycles. The Hall–Kier alpha value is -1.47. The van der Waals surface area contributed by atoms with Crippen molar-refractivity contribution in [2.75, 3.05) is 18.5 Å². The summed E-state index contributed by atoms with van der Waals surface area (Å²) in [7, 11) is 0. The summed E-state index contributed by atoms with van der Waals surface area (Å²) in [6, 6.07) is 3.14. The van der Waals surface area contributed by atoms with Crippen LogP contribution in [0.3, 0.4) is 0 Å². The van der Waals surface area contributed by atoms with E-state index in [-0.39, 0.29) is 10.6 Å². The third-order valence-corrected chi connectivity index (χ3v) is 2.23. The Labute approximate surface area is 85.0 Å². The standard InChI is InChI=1S/C9H6ClFN2O/c10-6-3-7-9(13-1-2-14-7)5(4-12)8(6)11/h3,13H,1-2H2. The highest BCUT2D eigenvalue weighted by Gasteiger charge is 2.20. The fourth-order valence-electron chi connectivity index (χ4n) is 1.33. The number of nitrogens with zero attached hydrogens (tertiary/aromatic N) is 1. The van der Waals surface area contributed by atoms with Crippen molar-refractivity contribution in [2.24, 2.45) is 0 Å². The lowest BCUT2D eigenvalue weighted by Crippen LogP contribution is -2.19. The van der Waals surface area contributed by atoms with Gasteiger partial charge < -0.3 is 10.1 Å². The van der Waals surface area contributed by atoms with Crippen LogP contribution in [0.5, 0.6) is 5.75 Å². The Morgan fingerprint density at radius 3 is 3.14 bits per heavy atom. The summed E-state index contributed by atoms with van der Waals surface area (Å²) in [5.74, 6) is -0.273. The highest BCUT2D eigenvalue weighted by molar-refractivity contribution is 6.31. The summed E-state index contributed by atoms with van der Waals surface area (Å²) in [5.41, 5.74) is 0.299. The van der Waals surface area contributed by atoms with Crippen molar-refractivity contribution >= 4 is 17.3 Å². The van der Waals surface area contributed by atoms with E-state index in [9.17, 15) is 4.39 Å². The predicted octanol–water partition coefficient (Wildman–Crippen LogP) is 2.16. The number of nitriles is 1. The molecule has 1 aliphatic heterocycles. The van der Waals surface area contributed by atoms with Crippen molar-refractivity contribution < 1.29 is 9.13 Å². The molecular formula is C9H6ClFN2O. The number of hydrogen-bond acceptors (Lipinski definition) is 3. The molecule has 0 aromatic heterocycles. The van der Waals surface area contributed by atoms with Crippen LogP contribution in [0, 0.1) is 17.1 Å². The minimum Gasteiger partial charge on any atom is -0.489 e. The van der Waals surface area contributed by atoms with E-state index in [1.165, 1.54) is 6.07 Å². The molecule has 1 aromatic rings. The van der Waals surface area contributed by atoms with Crippen molar-refractivity contribution in [3.63, 3.8) is 0 Å². The van der Waals surface area contributed by atoms with Crippen LogP contribution in [0.1, 0.15) is 5.56 Å². The Bertz CT molecular complexity index is 428. The summed E-state index contributed by atoms with van der Waals surface area (Å²) in [5, 5.41) is 11.6. The van der Waals surface area contributed by atoms with Gasteiger partial charge in [0.05, 0.1) is 10.7 Å². The third kappa shape index (κ3) is 1.26. The first-order valence-electron chi connectivity index (χ1n) is 4.03. The van der Waals surface area contributed by atoms with Crippen LogP contribution in [0.25, 0.3) is 0 Å². The lowest BCUT2D eigenvalue weighted by atomic mass is 10.1. The molecule has 0 atom stereocenters. The van der Waals surface area contributed by atoms with Gasteiger partial charge in [-0.15, -0.1) is 0 Å². The monoisotopic (exact) mass is 212 g/mol. The van der Waals surface area contributed by atoms with Crippen LogP contribution in [0.2, 0.25) is 5.02 Å². The van der Waals surface area contributed by atoms with Crippen molar-refractivity contribution in [3.8, 4) is 11.8 Å². The molecule has 0 aliphatic carbocycles. The van der Waals surface area contributed by atoms with E-state index in [2.05, 4.69) is 5.32 Å². The number of fused-ring (bicyclic) bond motifs is 1. The largest absolute Gasteiger partial charge is 0.489 e. The maximum absolute atomic E-state index is 13.3. The molecule has 1 heterocycles. The zero-order valence-corrected chi connectivity index (χ0v) is 7.86. The second-order valence-corrected chi connectivity index (χ2v) is 3.21. The predicted molar refractivity (Wildman–Crippen MR) is 50.1 cm³/mol. The highest BCUT2D eigenvalue weighted by Crippen LogP contribution is 2.36. The average Bonchev–Trinajstić information content (AvgIpc) is 2.20. The molecule has 3 nitrogen and oxygen atoms in total. The van der Waals surface area contributed by atoms with Gasteiger partial charge in [0.25, 0.3) is 0 Å². The normalized spacial score (nSPS) is 13.5. The molecule has 5 heteroatoms. The Balaban J connectivity index is 2.67. The number of halogens is 2. The van der Waals surface area contributed by atoms with Gasteiger partial charge in [-0.05, 0) is 0 Å². The van der Waals surface area contributed by atoms with E-state index in [1.54, 1.807) is 6.07 Å². The van der Waals surface area contributed by atoms with Crippen LogP contribution >= 0.6 is 11.6 Å². The van der Waals surface area contributed by atoms with E-state index in [4.69, 9.17) is 21.6 Å². The third-order valence-electron chi connectivity index (χ3n) is 1.96. The van der Waals surface area contributed by atoms with Gasteiger partial charge in [-0.3, -0.25) is 0 Å². The molecule has 0 bridgehead atoms. The molecule has 0 spiro atoms. The first-order valence-corrected chi connectivity index (χ1v) is 4.40. The Morgan fingerprint density at radius 2 is 2.43 bits per heavy atom. The number of rotatable bonds is 0. The molecule has 2 rings (SSSR count). The molecule has 1 aliphatic rings. The first-order chi connectivity index (χ1) is 6.74. The fourth-order valence-corrected chi connectivity index (χ4v) is 1.53. The number of hydrogen-bond donors (Lipinski definition) is 1. The molecular weight excluding hydrogens is 207 g/mol. The molecule has 1 N–H and O–H groups in total. The number of ether oxygens (including phenoxy) is 1. The summed E-state index contributed by atoms with van der Waals surface area (Å²) in [6.07, 6.45) is 0. The molecule has 72 valence electrons. The van der Waals surface area contributed by atoms with Crippen LogP contribution in [0.15, 0.2) is 6.07 Å². The zero-order chi connectivity index (χ0) is 10.1. The fraction of sp³-hybridized carbons (Fsp3) is 0.222. The second-order valence-electron chi connectivity index (χ2n) is 2.81. The van der Waals surface area contributed by atoms with Gasteiger partial charge in [0, 0.05) is 12.6 Å². The number of benzene rings is 1. The highest BCUT2D eigenvalue weighted by atomic mass is 35.5. The molecule has 0 amide bonds. The Morgan fingerprint density at radius 1 is 1.64 bits per heavy atom. The van der Waals surface area contributed by atoms with E-state index in [1.807, 2.05) is 0 Å². The summed E-state index contributed by atoms with van der Waals surface area (Å²) < 4.78 is 18.6. The zero-order valence-electron chi connectivity index (χ0n) is 7.10. The summed E-state index contributed by atoms with van der Waals surface area (Å²) in [4.78, 5) is 0. The molecule has 0 fully saturated rings. The van der Waals surface area contributed by atoms with Gasteiger partial charge >= 0.3 is 0 Å². The molecule has 0 radical (unpaired) electrons. The maximum Gasteiger partial charge on any atom is 0.161 e. The van der Waals surface area contributed by atoms with Crippen molar-refractivity contribution in [1.29, 1.82) is 5.26 Å². The summed E-state index contributed by atoms with van der Waals surface area (Å²) >= 11 is 5.60. The average molecular weight is 213 g/mol. The minimum absolute atomic E-state index is 0.0906. The van der Waals surface area contributed by atoms with Gasteiger partial charge in [-0.1, -0.05) is 11.6 Å². The topological polar surface area (TPSA) is 45.0 Å². The van der Waals surface area contributed by atoms with Crippen LogP contribution < -0.4 is 10.1 Å². The summed E-state index contributed by atoms with van der Waals surface area (Å²) in [6.45, 7) is 1.04. The van der Waals surface area contributed by atoms with E-state index in [0.29, 0.717) is 24.6 Å². The van der Waals surface area contributed by atoms with Gasteiger partial charge in [0.1, 0.15) is 24.0 Å². The van der Waals surface area contributed by atoms with Crippen molar-refractivity contribution in [3.05, 3.63) is 22.5 Å². The minimum atomic E-state index is -0.703. The van der Waals surface area contributed by atoms with Crippen LogP contribution in [-0.2, 0) is 0 Å². The van der Waals surface area contributed by atoms with E-state index >= 15 is 0 Å². The number of anilines is 1. The SMILES string of the molecule is N#Cc1c(F)c(Cl)cc2c1NCCO2. The van der Waals surface area contributed by atoms with Crippen molar-refractivity contribution in [2.45, 2.75) is 0 Å². The molecule has 0 unspecified atom stereocenters. The van der Waals surface area contributed by atoms with E-state index in [0.717, 1.165) is 0 Å². The number of nitrogens with one attached hydrogen (secondary N) is 1. The molecule has 0 saturated heterocycles. The van der Waals surface area contributed by atoms with E-state index < -0.39 is 5.82 Å². The van der Waals surface area contributed by atoms with Gasteiger partial charge in [-0.2, -0.15) is 5.26 Å². The van der Waals surface area contributed by atoms with Gasteiger partial charge in [-0.25, -0.2) is 4.39 Å². The smallest absolute Gasteiger partial charge is 0.161 e. The van der Waals surface area contributed by atoms with Crippen molar-refractivity contribution in [1.82, 2.24) is 0 Å². The molecule has 14 heavy (non-hydrogen) atoms. The van der Waals surface area contributed by atoms with Crippen LogP contribution in [0.4, 0.5) is 10.1 Å². The molecule has 1 aromatic carbocycles. The van der Waals surface area contributed by atoms with Gasteiger partial charge in [0.2, 0.25) is 0 Å². The van der Waals surface area contributed by atoms with Crippen LogP contribution in [-0.4, -0.2) is 13.2 Å². The second kappa shape index (κ2) is 3.35.